The Morgan fingerprint density at radius 2 is 2.06 bits per heavy atom. The van der Waals surface area contributed by atoms with Gasteiger partial charge in [-0.3, -0.25) is 9.69 Å². The van der Waals surface area contributed by atoms with E-state index in [1.165, 1.54) is 0 Å². The zero-order chi connectivity index (χ0) is 12.7. The van der Waals surface area contributed by atoms with Crippen molar-refractivity contribution >= 4 is 17.7 Å². The van der Waals surface area contributed by atoms with Gasteiger partial charge in [-0.25, -0.2) is 0 Å². The summed E-state index contributed by atoms with van der Waals surface area (Å²) in [6, 6.07) is 2.39. The summed E-state index contributed by atoms with van der Waals surface area (Å²) >= 11 is 1.57. The fourth-order valence-electron chi connectivity index (χ4n) is 2.10. The molecule has 17 heavy (non-hydrogen) atoms. The summed E-state index contributed by atoms with van der Waals surface area (Å²) in [5.41, 5.74) is 0. The molecule has 5 heteroatoms. The molecule has 0 saturated carbocycles. The van der Waals surface area contributed by atoms with E-state index in [1.807, 2.05) is 11.2 Å². The number of carbonyl (C=O) groups is 1. The highest BCUT2D eigenvalue weighted by Crippen LogP contribution is 2.11. The molecule has 0 aromatic rings. The summed E-state index contributed by atoms with van der Waals surface area (Å²) in [5, 5.41) is 9.09. The first-order valence-corrected chi connectivity index (χ1v) is 7.52. The van der Waals surface area contributed by atoms with E-state index in [0.29, 0.717) is 5.75 Å². The van der Waals surface area contributed by atoms with E-state index in [0.717, 1.165) is 39.0 Å². The molecule has 1 fully saturated rings. The summed E-state index contributed by atoms with van der Waals surface area (Å²) in [6.07, 6.45) is 3.90. The molecule has 0 spiro atoms. The number of rotatable bonds is 5. The molecule has 1 saturated heterocycles. The van der Waals surface area contributed by atoms with Crippen LogP contribution in [-0.2, 0) is 4.79 Å². The predicted molar refractivity (Wildman–Crippen MR) is 70.8 cm³/mol. The van der Waals surface area contributed by atoms with Gasteiger partial charge in [-0.15, -0.1) is 0 Å². The Kier molecular flexibility index (Phi) is 6.38. The SMILES string of the molecule is CCCC(C#N)N1CCN(C(=O)CSC)CC1. The van der Waals surface area contributed by atoms with Crippen molar-refractivity contribution in [2.75, 3.05) is 38.2 Å². The van der Waals surface area contributed by atoms with Gasteiger partial charge < -0.3 is 4.90 Å². The third kappa shape index (κ3) is 4.21. The van der Waals surface area contributed by atoms with Gasteiger partial charge in [0, 0.05) is 26.2 Å². The molecule has 0 aromatic carbocycles. The molecule has 4 nitrogen and oxygen atoms in total. The molecule has 0 N–H and O–H groups in total. The lowest BCUT2D eigenvalue weighted by atomic mass is 10.1. The molecule has 1 atom stereocenters. The van der Waals surface area contributed by atoms with Gasteiger partial charge in [-0.2, -0.15) is 17.0 Å². The fraction of sp³-hybridized carbons (Fsp3) is 0.833. The van der Waals surface area contributed by atoms with E-state index < -0.39 is 0 Å². The summed E-state index contributed by atoms with van der Waals surface area (Å²) in [6.45, 7) is 5.29. The van der Waals surface area contributed by atoms with Crippen LogP contribution in [0.4, 0.5) is 0 Å². The zero-order valence-electron chi connectivity index (χ0n) is 10.7. The van der Waals surface area contributed by atoms with Gasteiger partial charge in [0.25, 0.3) is 0 Å². The average molecular weight is 255 g/mol. The van der Waals surface area contributed by atoms with Gasteiger partial charge in [-0.1, -0.05) is 13.3 Å². The van der Waals surface area contributed by atoms with Crippen LogP contribution in [0, 0.1) is 11.3 Å². The minimum atomic E-state index is 0.0257. The first-order chi connectivity index (χ1) is 8.22. The maximum absolute atomic E-state index is 11.7. The standard InChI is InChI=1S/C12H21N3OS/c1-3-4-11(9-13)14-5-7-15(8-6-14)12(16)10-17-2/h11H,3-8,10H2,1-2H3. The first kappa shape index (κ1) is 14.3. The second-order valence-corrected chi connectivity index (χ2v) is 5.15. The molecule has 1 rings (SSSR count). The highest BCUT2D eigenvalue weighted by atomic mass is 32.2. The van der Waals surface area contributed by atoms with Crippen molar-refractivity contribution in [3.8, 4) is 6.07 Å². The monoisotopic (exact) mass is 255 g/mol. The number of nitriles is 1. The Morgan fingerprint density at radius 3 is 2.53 bits per heavy atom. The fourth-order valence-corrected chi connectivity index (χ4v) is 2.53. The average Bonchev–Trinajstić information content (AvgIpc) is 2.36. The van der Waals surface area contributed by atoms with Gasteiger partial charge in [0.05, 0.1) is 17.9 Å². The van der Waals surface area contributed by atoms with Crippen LogP contribution in [-0.4, -0.2) is 59.9 Å². The minimum absolute atomic E-state index is 0.0257. The van der Waals surface area contributed by atoms with Gasteiger partial charge in [0.1, 0.15) is 0 Å². The molecule has 1 aliphatic heterocycles. The summed E-state index contributed by atoms with van der Waals surface area (Å²) < 4.78 is 0. The molecular formula is C12H21N3OS. The highest BCUT2D eigenvalue weighted by Gasteiger charge is 2.25. The Morgan fingerprint density at radius 1 is 1.41 bits per heavy atom. The van der Waals surface area contributed by atoms with Gasteiger partial charge in [0.2, 0.25) is 5.91 Å². The van der Waals surface area contributed by atoms with Crippen LogP contribution >= 0.6 is 11.8 Å². The van der Waals surface area contributed by atoms with Crippen molar-refractivity contribution in [2.24, 2.45) is 0 Å². The second-order valence-electron chi connectivity index (χ2n) is 4.28. The van der Waals surface area contributed by atoms with E-state index >= 15 is 0 Å². The second kappa shape index (κ2) is 7.57. The van der Waals surface area contributed by atoms with Crippen LogP contribution in [0.2, 0.25) is 0 Å². The number of piperazine rings is 1. The summed E-state index contributed by atoms with van der Waals surface area (Å²) in [4.78, 5) is 15.8. The Labute approximate surface area is 108 Å². The van der Waals surface area contributed by atoms with E-state index in [2.05, 4.69) is 17.9 Å². The van der Waals surface area contributed by atoms with Gasteiger partial charge in [0.15, 0.2) is 0 Å². The minimum Gasteiger partial charge on any atom is -0.339 e. The number of nitrogens with zero attached hydrogens (tertiary/aromatic N) is 3. The third-order valence-electron chi connectivity index (χ3n) is 3.09. The molecular weight excluding hydrogens is 234 g/mol. The van der Waals surface area contributed by atoms with Crippen molar-refractivity contribution in [2.45, 2.75) is 25.8 Å². The Bertz CT molecular complexity index is 282. The van der Waals surface area contributed by atoms with E-state index in [1.54, 1.807) is 11.8 Å². The Hall–Kier alpha value is -0.730. The molecule has 1 aliphatic rings. The lowest BCUT2D eigenvalue weighted by Crippen LogP contribution is -2.52. The third-order valence-corrected chi connectivity index (χ3v) is 3.62. The summed E-state index contributed by atoms with van der Waals surface area (Å²) in [7, 11) is 0. The molecule has 0 aliphatic carbocycles. The van der Waals surface area contributed by atoms with Crippen molar-refractivity contribution in [1.29, 1.82) is 5.26 Å². The quantitative estimate of drug-likeness (QED) is 0.740. The largest absolute Gasteiger partial charge is 0.339 e. The molecule has 1 amide bonds. The van der Waals surface area contributed by atoms with Crippen molar-refractivity contribution < 1.29 is 4.79 Å². The molecule has 1 unspecified atom stereocenters. The normalized spacial score (nSPS) is 18.8. The smallest absolute Gasteiger partial charge is 0.232 e. The number of amides is 1. The topological polar surface area (TPSA) is 47.3 Å². The Balaban J connectivity index is 2.39. The van der Waals surface area contributed by atoms with Gasteiger partial charge >= 0.3 is 0 Å². The number of carbonyl (C=O) groups excluding carboxylic acids is 1. The molecule has 1 heterocycles. The van der Waals surface area contributed by atoms with Crippen molar-refractivity contribution in [1.82, 2.24) is 9.80 Å². The van der Waals surface area contributed by atoms with Crippen LogP contribution in [0.1, 0.15) is 19.8 Å². The number of hydrogen-bond donors (Lipinski definition) is 0. The van der Waals surface area contributed by atoms with Crippen LogP contribution in [0.5, 0.6) is 0 Å². The summed E-state index contributed by atoms with van der Waals surface area (Å²) in [5.74, 6) is 0.789. The van der Waals surface area contributed by atoms with E-state index in [-0.39, 0.29) is 11.9 Å². The lowest BCUT2D eigenvalue weighted by Gasteiger charge is -2.36. The predicted octanol–water partition coefficient (Wildman–Crippen LogP) is 1.19. The zero-order valence-corrected chi connectivity index (χ0v) is 11.5. The van der Waals surface area contributed by atoms with Gasteiger partial charge in [-0.05, 0) is 12.7 Å². The van der Waals surface area contributed by atoms with Crippen LogP contribution < -0.4 is 0 Å². The van der Waals surface area contributed by atoms with Crippen LogP contribution in [0.15, 0.2) is 0 Å². The molecule has 0 aromatic heterocycles. The molecule has 96 valence electrons. The first-order valence-electron chi connectivity index (χ1n) is 6.13. The van der Waals surface area contributed by atoms with Crippen molar-refractivity contribution in [3.63, 3.8) is 0 Å². The van der Waals surface area contributed by atoms with Crippen LogP contribution in [0.25, 0.3) is 0 Å². The van der Waals surface area contributed by atoms with E-state index in [9.17, 15) is 4.79 Å². The van der Waals surface area contributed by atoms with Crippen molar-refractivity contribution in [3.05, 3.63) is 0 Å². The maximum atomic E-state index is 11.7. The molecule has 0 bridgehead atoms. The van der Waals surface area contributed by atoms with Crippen LogP contribution in [0.3, 0.4) is 0 Å². The number of thioether (sulfide) groups is 1. The van der Waals surface area contributed by atoms with E-state index in [4.69, 9.17) is 5.26 Å². The maximum Gasteiger partial charge on any atom is 0.232 e. The molecule has 0 radical (unpaired) electrons. The number of hydrogen-bond acceptors (Lipinski definition) is 4. The highest BCUT2D eigenvalue weighted by molar-refractivity contribution is 7.99. The lowest BCUT2D eigenvalue weighted by molar-refractivity contribution is -0.130.